The molecule has 0 atom stereocenters. The van der Waals surface area contributed by atoms with E-state index in [4.69, 9.17) is 0 Å². The van der Waals surface area contributed by atoms with E-state index in [-0.39, 0.29) is 5.91 Å². The van der Waals surface area contributed by atoms with Gasteiger partial charge in [-0.2, -0.15) is 5.10 Å². The van der Waals surface area contributed by atoms with Gasteiger partial charge in [-0.15, -0.1) is 5.10 Å². The molecule has 2 N–H and O–H groups in total. The molecule has 0 bridgehead atoms. The minimum absolute atomic E-state index is 0.0350. The van der Waals surface area contributed by atoms with Gasteiger partial charge in [-0.3, -0.25) is 4.79 Å². The maximum Gasteiger partial charge on any atom is 0.224 e. The molecule has 0 aliphatic carbocycles. The highest BCUT2D eigenvalue weighted by Gasteiger charge is 2.03. The normalized spacial score (nSPS) is 10.1. The number of hydrogen-bond donors (Lipinski definition) is 2. The van der Waals surface area contributed by atoms with Gasteiger partial charge in [0.05, 0.1) is 11.9 Å². The molecule has 2 aromatic rings. The van der Waals surface area contributed by atoms with Crippen molar-refractivity contribution in [1.29, 1.82) is 0 Å². The Kier molecular flexibility index (Phi) is 5.30. The van der Waals surface area contributed by atoms with Crippen LogP contribution in [-0.4, -0.2) is 30.2 Å². The zero-order chi connectivity index (χ0) is 15.9. The van der Waals surface area contributed by atoms with E-state index in [0.29, 0.717) is 12.2 Å². The summed E-state index contributed by atoms with van der Waals surface area (Å²) in [6.07, 6.45) is 3.08. The van der Waals surface area contributed by atoms with Crippen molar-refractivity contribution in [3.8, 4) is 0 Å². The van der Waals surface area contributed by atoms with E-state index in [2.05, 4.69) is 20.8 Å². The van der Waals surface area contributed by atoms with Crippen LogP contribution in [0.15, 0.2) is 36.5 Å². The van der Waals surface area contributed by atoms with E-state index >= 15 is 0 Å². The summed E-state index contributed by atoms with van der Waals surface area (Å²) in [6.45, 7) is 1.98. The Morgan fingerprint density at radius 1 is 1.18 bits per heavy atom. The summed E-state index contributed by atoms with van der Waals surface area (Å²) in [5, 5.41) is 14.1. The third-order valence-corrected chi connectivity index (χ3v) is 3.07. The van der Waals surface area contributed by atoms with E-state index < -0.39 is 0 Å². The molecule has 0 radical (unpaired) electrons. The highest BCUT2D eigenvalue weighted by molar-refractivity contribution is 5.90. The van der Waals surface area contributed by atoms with Crippen molar-refractivity contribution in [3.05, 3.63) is 36.5 Å². The van der Waals surface area contributed by atoms with E-state index in [1.807, 2.05) is 56.3 Å². The summed E-state index contributed by atoms with van der Waals surface area (Å²) in [7, 11) is 3.91. The fraction of sp³-hybridized carbons (Fsp3) is 0.312. The molecule has 6 nitrogen and oxygen atoms in total. The Hall–Kier alpha value is -2.63. The molecule has 0 unspecified atom stereocenters. The van der Waals surface area contributed by atoms with Gasteiger partial charge in [-0.05, 0) is 30.7 Å². The van der Waals surface area contributed by atoms with Crippen LogP contribution in [0.25, 0.3) is 0 Å². The molecule has 1 amide bonds. The second kappa shape index (κ2) is 7.40. The number of hydrogen-bond acceptors (Lipinski definition) is 5. The topological polar surface area (TPSA) is 70.2 Å². The van der Waals surface area contributed by atoms with Crippen LogP contribution in [0.4, 0.5) is 22.9 Å². The predicted octanol–water partition coefficient (Wildman–Crippen LogP) is 3.02. The molecule has 6 heteroatoms. The average Bonchev–Trinajstić information content (AvgIpc) is 2.50. The first-order chi connectivity index (χ1) is 10.6. The van der Waals surface area contributed by atoms with Crippen LogP contribution in [0.5, 0.6) is 0 Å². The quantitative estimate of drug-likeness (QED) is 0.858. The summed E-state index contributed by atoms with van der Waals surface area (Å²) in [5.41, 5.74) is 2.65. The largest absolute Gasteiger partial charge is 0.376 e. The maximum atomic E-state index is 11.5. The summed E-state index contributed by atoms with van der Waals surface area (Å²) in [4.78, 5) is 13.5. The van der Waals surface area contributed by atoms with E-state index in [1.54, 1.807) is 6.20 Å². The summed E-state index contributed by atoms with van der Waals surface area (Å²) >= 11 is 0. The summed E-state index contributed by atoms with van der Waals surface area (Å²) in [5.74, 6) is 0.710. The Bertz CT molecular complexity index is 625. The van der Waals surface area contributed by atoms with Crippen molar-refractivity contribution in [3.63, 3.8) is 0 Å². The van der Waals surface area contributed by atoms with Gasteiger partial charge in [0, 0.05) is 38.0 Å². The van der Waals surface area contributed by atoms with Gasteiger partial charge in [0.1, 0.15) is 0 Å². The molecule has 1 aromatic heterocycles. The zero-order valence-corrected chi connectivity index (χ0v) is 13.1. The first kappa shape index (κ1) is 15.8. The van der Waals surface area contributed by atoms with E-state index in [9.17, 15) is 4.79 Å². The standard InChI is InChI=1S/C16H21N5O/c1-4-5-16(22)19-13-8-6-12(7-9-13)18-15-10-14(21(2)3)11-17-20-15/h6-11H,4-5H2,1-3H3,(H,18,20)(H,19,22). The minimum atomic E-state index is 0.0350. The number of nitrogens with one attached hydrogen (secondary N) is 2. The van der Waals surface area contributed by atoms with Gasteiger partial charge in [0.15, 0.2) is 5.82 Å². The third kappa shape index (κ3) is 4.44. The van der Waals surface area contributed by atoms with Crippen LogP contribution in [0.1, 0.15) is 19.8 Å². The molecular weight excluding hydrogens is 278 g/mol. The minimum Gasteiger partial charge on any atom is -0.376 e. The van der Waals surface area contributed by atoms with Crippen LogP contribution in [0, 0.1) is 0 Å². The Morgan fingerprint density at radius 3 is 2.50 bits per heavy atom. The smallest absolute Gasteiger partial charge is 0.224 e. The Balaban J connectivity index is 2.02. The molecule has 0 saturated carbocycles. The fourth-order valence-corrected chi connectivity index (χ4v) is 1.90. The van der Waals surface area contributed by atoms with Gasteiger partial charge in [0.25, 0.3) is 0 Å². The van der Waals surface area contributed by atoms with Crippen LogP contribution < -0.4 is 15.5 Å². The van der Waals surface area contributed by atoms with Gasteiger partial charge in [-0.25, -0.2) is 0 Å². The number of carbonyl (C=O) groups is 1. The van der Waals surface area contributed by atoms with Crippen LogP contribution in [-0.2, 0) is 4.79 Å². The van der Waals surface area contributed by atoms with Gasteiger partial charge < -0.3 is 15.5 Å². The molecule has 22 heavy (non-hydrogen) atoms. The van der Waals surface area contributed by atoms with Gasteiger partial charge in [0.2, 0.25) is 5.91 Å². The second-order valence-electron chi connectivity index (χ2n) is 5.19. The molecule has 0 fully saturated rings. The highest BCUT2D eigenvalue weighted by atomic mass is 16.1. The van der Waals surface area contributed by atoms with Crippen molar-refractivity contribution >= 4 is 28.8 Å². The molecule has 1 aromatic carbocycles. The zero-order valence-electron chi connectivity index (χ0n) is 13.1. The Morgan fingerprint density at radius 2 is 1.86 bits per heavy atom. The van der Waals surface area contributed by atoms with E-state index in [1.165, 1.54) is 0 Å². The van der Waals surface area contributed by atoms with Crippen LogP contribution in [0.2, 0.25) is 0 Å². The lowest BCUT2D eigenvalue weighted by molar-refractivity contribution is -0.116. The van der Waals surface area contributed by atoms with Crippen molar-refractivity contribution in [2.24, 2.45) is 0 Å². The number of aromatic nitrogens is 2. The molecule has 0 aliphatic rings. The monoisotopic (exact) mass is 299 g/mol. The lowest BCUT2D eigenvalue weighted by Gasteiger charge is -2.13. The first-order valence-electron chi connectivity index (χ1n) is 7.25. The van der Waals surface area contributed by atoms with E-state index in [0.717, 1.165) is 23.5 Å². The molecule has 1 heterocycles. The van der Waals surface area contributed by atoms with Crippen LogP contribution >= 0.6 is 0 Å². The maximum absolute atomic E-state index is 11.5. The molecule has 0 spiro atoms. The number of rotatable bonds is 6. The van der Waals surface area contributed by atoms with Gasteiger partial charge in [-0.1, -0.05) is 6.92 Å². The molecule has 0 aliphatic heterocycles. The number of nitrogens with zero attached hydrogens (tertiary/aromatic N) is 3. The number of amides is 1. The summed E-state index contributed by atoms with van der Waals surface area (Å²) < 4.78 is 0. The summed E-state index contributed by atoms with van der Waals surface area (Å²) in [6, 6.07) is 9.43. The Labute approximate surface area is 130 Å². The number of anilines is 4. The highest BCUT2D eigenvalue weighted by Crippen LogP contribution is 2.20. The SMILES string of the molecule is CCCC(=O)Nc1ccc(Nc2cc(N(C)C)cnn2)cc1. The lowest BCUT2D eigenvalue weighted by Crippen LogP contribution is -2.10. The fourth-order valence-electron chi connectivity index (χ4n) is 1.90. The van der Waals surface area contributed by atoms with Crippen molar-refractivity contribution in [2.45, 2.75) is 19.8 Å². The number of carbonyl (C=O) groups excluding carboxylic acids is 1. The molecule has 2 rings (SSSR count). The molecule has 0 saturated heterocycles. The van der Waals surface area contributed by atoms with Gasteiger partial charge >= 0.3 is 0 Å². The van der Waals surface area contributed by atoms with Crippen LogP contribution in [0.3, 0.4) is 0 Å². The second-order valence-corrected chi connectivity index (χ2v) is 5.19. The number of benzene rings is 1. The average molecular weight is 299 g/mol. The van der Waals surface area contributed by atoms with Crippen molar-refractivity contribution < 1.29 is 4.79 Å². The molecule has 116 valence electrons. The lowest BCUT2D eigenvalue weighted by atomic mass is 10.2. The predicted molar refractivity (Wildman–Crippen MR) is 89.6 cm³/mol. The van der Waals surface area contributed by atoms with Crippen molar-refractivity contribution in [2.75, 3.05) is 29.6 Å². The molecular formula is C16H21N5O. The first-order valence-corrected chi connectivity index (χ1v) is 7.25. The van der Waals surface area contributed by atoms with Crippen molar-refractivity contribution in [1.82, 2.24) is 10.2 Å². The third-order valence-electron chi connectivity index (χ3n) is 3.07.